The zero-order valence-corrected chi connectivity index (χ0v) is 18.7. The van der Waals surface area contributed by atoms with Crippen LogP contribution in [0.3, 0.4) is 0 Å². The number of nitrogens with zero attached hydrogens (tertiary/aromatic N) is 4. The van der Waals surface area contributed by atoms with Crippen molar-refractivity contribution in [2.24, 2.45) is 0 Å². The fourth-order valence-electron chi connectivity index (χ4n) is 4.42. The van der Waals surface area contributed by atoms with Crippen LogP contribution >= 0.6 is 0 Å². The fraction of sp³-hybridized carbons (Fsp3) is 0.296. The van der Waals surface area contributed by atoms with Crippen LogP contribution in [0.2, 0.25) is 0 Å². The highest BCUT2D eigenvalue weighted by Gasteiger charge is 2.19. The number of carbonyl (C=O) groups is 1. The lowest BCUT2D eigenvalue weighted by atomic mass is 10.0. The number of benzene rings is 2. The summed E-state index contributed by atoms with van der Waals surface area (Å²) in [5, 5.41) is 6.83. The van der Waals surface area contributed by atoms with Crippen LogP contribution in [0.4, 0.5) is 0 Å². The molecule has 0 radical (unpaired) electrons. The molecule has 0 saturated carbocycles. The van der Waals surface area contributed by atoms with Crippen molar-refractivity contribution in [1.82, 2.24) is 19.7 Å². The molecule has 2 aromatic heterocycles. The molecule has 5 heteroatoms. The highest BCUT2D eigenvalue weighted by atomic mass is 16.1. The summed E-state index contributed by atoms with van der Waals surface area (Å²) in [5.74, 6) is 0.0902. The molecule has 3 heterocycles. The first-order valence-corrected chi connectivity index (χ1v) is 11.3. The van der Waals surface area contributed by atoms with E-state index in [1.165, 1.54) is 0 Å². The summed E-state index contributed by atoms with van der Waals surface area (Å²) in [6.45, 7) is 4.26. The van der Waals surface area contributed by atoms with Gasteiger partial charge in [0, 0.05) is 34.6 Å². The van der Waals surface area contributed by atoms with Gasteiger partial charge in [-0.2, -0.15) is 5.10 Å². The first-order chi connectivity index (χ1) is 15.5. The molecule has 0 aliphatic carbocycles. The zero-order chi connectivity index (χ0) is 22.1. The Morgan fingerprint density at radius 2 is 1.75 bits per heavy atom. The molecule has 0 bridgehead atoms. The maximum atomic E-state index is 12.7. The number of hydrogen-bond acceptors (Lipinski definition) is 4. The van der Waals surface area contributed by atoms with Gasteiger partial charge >= 0.3 is 0 Å². The third-order valence-electron chi connectivity index (χ3n) is 6.49. The lowest BCUT2D eigenvalue weighted by molar-refractivity contribution is 0.0992. The smallest absolute Gasteiger partial charge is 0.168 e. The molecular weight excluding hydrogens is 396 g/mol. The van der Waals surface area contributed by atoms with E-state index in [4.69, 9.17) is 0 Å². The number of hydrogen-bond donors (Lipinski definition) is 0. The standard InChI is InChI=1S/C27H28N4O/c1-19-3-5-20(6-4-19)27(32)15-25-14-23-13-21(7-8-22(23)16-28-25)24-17-29-31(18-24)26-9-11-30(2)12-10-26/h3-8,13-14,16-18,26H,9-12,15H2,1-2H3. The van der Waals surface area contributed by atoms with Crippen molar-refractivity contribution in [2.75, 3.05) is 20.1 Å². The van der Waals surface area contributed by atoms with Crippen LogP contribution in [-0.4, -0.2) is 45.6 Å². The molecule has 1 aliphatic rings. The fourth-order valence-corrected chi connectivity index (χ4v) is 4.42. The van der Waals surface area contributed by atoms with E-state index >= 15 is 0 Å². The summed E-state index contributed by atoms with van der Waals surface area (Å²) in [6, 6.07) is 16.6. The second-order valence-electron chi connectivity index (χ2n) is 8.95. The van der Waals surface area contributed by atoms with Crippen LogP contribution in [0.1, 0.15) is 40.5 Å². The van der Waals surface area contributed by atoms with E-state index in [0.29, 0.717) is 12.5 Å². The number of aryl methyl sites for hydroxylation is 1. The third-order valence-corrected chi connectivity index (χ3v) is 6.49. The Balaban J connectivity index is 1.36. The summed E-state index contributed by atoms with van der Waals surface area (Å²) in [4.78, 5) is 19.6. The Labute approximate surface area is 188 Å². The molecule has 0 spiro atoms. The number of rotatable bonds is 5. The minimum absolute atomic E-state index is 0.0902. The Morgan fingerprint density at radius 1 is 0.969 bits per heavy atom. The Morgan fingerprint density at radius 3 is 2.53 bits per heavy atom. The van der Waals surface area contributed by atoms with Gasteiger partial charge in [0.05, 0.1) is 18.7 Å². The van der Waals surface area contributed by atoms with Crippen molar-refractivity contribution in [2.45, 2.75) is 32.2 Å². The molecule has 0 unspecified atom stereocenters. The minimum Gasteiger partial charge on any atom is -0.306 e. The van der Waals surface area contributed by atoms with E-state index in [-0.39, 0.29) is 5.78 Å². The summed E-state index contributed by atoms with van der Waals surface area (Å²) < 4.78 is 2.13. The lowest BCUT2D eigenvalue weighted by Crippen LogP contribution is -2.31. The molecule has 1 aliphatic heterocycles. The summed E-state index contributed by atoms with van der Waals surface area (Å²) in [6.07, 6.45) is 8.57. The predicted molar refractivity (Wildman–Crippen MR) is 128 cm³/mol. The quantitative estimate of drug-likeness (QED) is 0.418. The summed E-state index contributed by atoms with van der Waals surface area (Å²) >= 11 is 0. The number of pyridine rings is 1. The predicted octanol–water partition coefficient (Wildman–Crippen LogP) is 5.10. The second-order valence-corrected chi connectivity index (χ2v) is 8.95. The minimum atomic E-state index is 0.0902. The van der Waals surface area contributed by atoms with Crippen molar-refractivity contribution in [1.29, 1.82) is 0 Å². The van der Waals surface area contributed by atoms with Crippen LogP contribution < -0.4 is 0 Å². The van der Waals surface area contributed by atoms with Gasteiger partial charge in [0.15, 0.2) is 5.78 Å². The van der Waals surface area contributed by atoms with Crippen molar-refractivity contribution >= 4 is 16.6 Å². The Hall–Kier alpha value is -3.31. The topological polar surface area (TPSA) is 51.0 Å². The van der Waals surface area contributed by atoms with Gasteiger partial charge in [-0.15, -0.1) is 0 Å². The van der Waals surface area contributed by atoms with Crippen LogP contribution in [0, 0.1) is 6.92 Å². The van der Waals surface area contributed by atoms with Gasteiger partial charge in [-0.05, 0) is 63.0 Å². The van der Waals surface area contributed by atoms with E-state index in [1.54, 1.807) is 0 Å². The second kappa shape index (κ2) is 8.67. The first-order valence-electron chi connectivity index (χ1n) is 11.3. The number of fused-ring (bicyclic) bond motifs is 1. The van der Waals surface area contributed by atoms with Gasteiger partial charge in [0.1, 0.15) is 0 Å². The molecule has 0 N–H and O–H groups in total. The summed E-state index contributed by atoms with van der Waals surface area (Å²) in [5.41, 5.74) is 4.94. The number of Topliss-reactive ketones (excluding diaryl/α,β-unsaturated/α-hetero) is 1. The van der Waals surface area contributed by atoms with E-state index in [1.807, 2.05) is 49.6 Å². The average molecular weight is 425 g/mol. The van der Waals surface area contributed by atoms with Crippen molar-refractivity contribution in [3.8, 4) is 11.1 Å². The van der Waals surface area contributed by atoms with Gasteiger partial charge in [-0.3, -0.25) is 14.5 Å². The number of piperidine rings is 1. The van der Waals surface area contributed by atoms with E-state index in [9.17, 15) is 4.79 Å². The van der Waals surface area contributed by atoms with E-state index in [0.717, 1.165) is 64.7 Å². The molecule has 5 nitrogen and oxygen atoms in total. The van der Waals surface area contributed by atoms with Crippen molar-refractivity contribution in [3.05, 3.63) is 83.9 Å². The van der Waals surface area contributed by atoms with Gasteiger partial charge in [-0.25, -0.2) is 0 Å². The highest BCUT2D eigenvalue weighted by molar-refractivity contribution is 5.98. The molecule has 1 saturated heterocycles. The number of carbonyl (C=O) groups excluding carboxylic acids is 1. The molecule has 2 aromatic carbocycles. The largest absolute Gasteiger partial charge is 0.306 e. The maximum absolute atomic E-state index is 12.7. The van der Waals surface area contributed by atoms with Gasteiger partial charge in [-0.1, -0.05) is 42.0 Å². The zero-order valence-electron chi connectivity index (χ0n) is 18.7. The lowest BCUT2D eigenvalue weighted by Gasteiger charge is -2.28. The normalized spacial score (nSPS) is 15.3. The van der Waals surface area contributed by atoms with Gasteiger partial charge in [0.25, 0.3) is 0 Å². The number of likely N-dealkylation sites (tertiary alicyclic amines) is 1. The molecule has 0 amide bonds. The average Bonchev–Trinajstić information content (AvgIpc) is 3.30. The Kier molecular flexibility index (Phi) is 5.58. The SMILES string of the molecule is Cc1ccc(C(=O)Cc2cc3cc(-c4cnn(C5CCN(C)CC5)c4)ccc3cn2)cc1. The molecule has 4 aromatic rings. The van der Waals surface area contributed by atoms with Crippen LogP contribution in [0.15, 0.2) is 67.1 Å². The van der Waals surface area contributed by atoms with Crippen LogP contribution in [-0.2, 0) is 6.42 Å². The number of aromatic nitrogens is 3. The van der Waals surface area contributed by atoms with Crippen molar-refractivity contribution in [3.63, 3.8) is 0 Å². The molecule has 5 rings (SSSR count). The van der Waals surface area contributed by atoms with Gasteiger partial charge in [0.2, 0.25) is 0 Å². The third kappa shape index (κ3) is 4.34. The Bertz CT molecular complexity index is 1250. The molecule has 32 heavy (non-hydrogen) atoms. The molecular formula is C27H28N4O. The van der Waals surface area contributed by atoms with Gasteiger partial charge < -0.3 is 4.90 Å². The van der Waals surface area contributed by atoms with Crippen molar-refractivity contribution < 1.29 is 4.79 Å². The van der Waals surface area contributed by atoms with E-state index < -0.39 is 0 Å². The highest BCUT2D eigenvalue weighted by Crippen LogP contribution is 2.27. The molecule has 162 valence electrons. The monoisotopic (exact) mass is 424 g/mol. The van der Waals surface area contributed by atoms with Crippen LogP contribution in [0.25, 0.3) is 21.9 Å². The molecule has 1 fully saturated rings. The first kappa shape index (κ1) is 20.6. The maximum Gasteiger partial charge on any atom is 0.168 e. The molecule has 0 atom stereocenters. The number of ketones is 1. The summed E-state index contributed by atoms with van der Waals surface area (Å²) in [7, 11) is 2.18. The van der Waals surface area contributed by atoms with Crippen LogP contribution in [0.5, 0.6) is 0 Å². The van der Waals surface area contributed by atoms with E-state index in [2.05, 4.69) is 51.1 Å².